The number of nitrogens with one attached hydrogen (secondary N) is 2. The van der Waals surface area contributed by atoms with E-state index in [1.54, 1.807) is 13.3 Å². The molecule has 0 aliphatic rings. The first kappa shape index (κ1) is 14.4. The van der Waals surface area contributed by atoms with E-state index in [9.17, 15) is 10.1 Å². The zero-order chi connectivity index (χ0) is 13.4. The van der Waals surface area contributed by atoms with Crippen molar-refractivity contribution >= 4 is 11.8 Å². The lowest BCUT2D eigenvalue weighted by Gasteiger charge is -2.06. The maximum Gasteiger partial charge on any atom is 0.274 e. The number of thioether (sulfide) groups is 1. The molecule has 0 aliphatic carbocycles. The number of hydrogen-bond donors (Lipinski definition) is 2. The van der Waals surface area contributed by atoms with E-state index in [1.807, 2.05) is 6.92 Å². The van der Waals surface area contributed by atoms with Gasteiger partial charge in [0, 0.05) is 19.3 Å². The summed E-state index contributed by atoms with van der Waals surface area (Å²) in [6.45, 7) is 2.52. The number of aryl methyl sites for hydroxylation is 1. The van der Waals surface area contributed by atoms with E-state index < -0.39 is 4.92 Å². The topological polar surface area (TPSA) is 93.2 Å². The SMILES string of the molecule is CNC(=C[N+](=O)[O-])NCCCSc1nc(C)co1. The molecule has 0 radical (unpaired) electrons. The lowest BCUT2D eigenvalue weighted by molar-refractivity contribution is -0.404. The van der Waals surface area contributed by atoms with Crippen molar-refractivity contribution < 1.29 is 9.34 Å². The van der Waals surface area contributed by atoms with Gasteiger partial charge in [-0.2, -0.15) is 0 Å². The highest BCUT2D eigenvalue weighted by atomic mass is 32.2. The smallest absolute Gasteiger partial charge is 0.274 e. The molecule has 2 N–H and O–H groups in total. The van der Waals surface area contributed by atoms with E-state index >= 15 is 0 Å². The molecule has 8 heteroatoms. The van der Waals surface area contributed by atoms with Gasteiger partial charge in [-0.1, -0.05) is 11.8 Å². The summed E-state index contributed by atoms with van der Waals surface area (Å²) in [6.07, 6.45) is 3.37. The Morgan fingerprint density at radius 1 is 1.72 bits per heavy atom. The molecule has 0 atom stereocenters. The first-order chi connectivity index (χ1) is 8.61. The van der Waals surface area contributed by atoms with Crippen LogP contribution in [-0.2, 0) is 0 Å². The Balaban J connectivity index is 2.16. The molecule has 18 heavy (non-hydrogen) atoms. The van der Waals surface area contributed by atoms with E-state index in [1.165, 1.54) is 11.8 Å². The Morgan fingerprint density at radius 3 is 3.06 bits per heavy atom. The van der Waals surface area contributed by atoms with E-state index in [0.29, 0.717) is 17.6 Å². The zero-order valence-electron chi connectivity index (χ0n) is 10.3. The van der Waals surface area contributed by atoms with Crippen molar-refractivity contribution in [3.63, 3.8) is 0 Å². The van der Waals surface area contributed by atoms with Gasteiger partial charge in [0.05, 0.1) is 10.6 Å². The highest BCUT2D eigenvalue weighted by Crippen LogP contribution is 2.17. The first-order valence-corrected chi connectivity index (χ1v) is 6.42. The Kier molecular flexibility index (Phi) is 6.06. The van der Waals surface area contributed by atoms with Crippen molar-refractivity contribution in [2.45, 2.75) is 18.6 Å². The van der Waals surface area contributed by atoms with E-state index in [0.717, 1.165) is 24.1 Å². The molecule has 100 valence electrons. The van der Waals surface area contributed by atoms with Crippen molar-refractivity contribution in [1.82, 2.24) is 15.6 Å². The maximum absolute atomic E-state index is 10.3. The van der Waals surface area contributed by atoms with Crippen LogP contribution in [-0.4, -0.2) is 29.3 Å². The van der Waals surface area contributed by atoms with Gasteiger partial charge in [-0.05, 0) is 13.3 Å². The third-order valence-corrected chi connectivity index (χ3v) is 2.89. The normalized spacial score (nSPS) is 11.3. The summed E-state index contributed by atoms with van der Waals surface area (Å²) < 4.78 is 5.18. The molecular formula is C10H16N4O3S. The van der Waals surface area contributed by atoms with Gasteiger partial charge in [0.1, 0.15) is 6.26 Å². The van der Waals surface area contributed by atoms with E-state index in [4.69, 9.17) is 4.42 Å². The van der Waals surface area contributed by atoms with Crippen molar-refractivity contribution in [1.29, 1.82) is 0 Å². The molecule has 1 heterocycles. The van der Waals surface area contributed by atoms with Gasteiger partial charge in [-0.3, -0.25) is 10.1 Å². The third-order valence-electron chi connectivity index (χ3n) is 1.96. The lowest BCUT2D eigenvalue weighted by atomic mass is 10.5. The van der Waals surface area contributed by atoms with Gasteiger partial charge >= 0.3 is 0 Å². The average Bonchev–Trinajstić information content (AvgIpc) is 2.72. The van der Waals surface area contributed by atoms with Crippen molar-refractivity contribution in [3.8, 4) is 0 Å². The first-order valence-electron chi connectivity index (χ1n) is 5.43. The summed E-state index contributed by atoms with van der Waals surface area (Å²) in [5.74, 6) is 1.24. The summed E-state index contributed by atoms with van der Waals surface area (Å²) >= 11 is 1.52. The molecule has 0 amide bonds. The summed E-state index contributed by atoms with van der Waals surface area (Å²) in [6, 6.07) is 0. The van der Waals surface area contributed by atoms with Crippen LogP contribution >= 0.6 is 11.8 Å². The number of nitrogens with zero attached hydrogens (tertiary/aromatic N) is 2. The van der Waals surface area contributed by atoms with Gasteiger partial charge in [-0.15, -0.1) is 0 Å². The fourth-order valence-corrected chi connectivity index (χ4v) is 1.95. The van der Waals surface area contributed by atoms with Crippen molar-refractivity contribution in [2.24, 2.45) is 0 Å². The van der Waals surface area contributed by atoms with Crippen LogP contribution in [0.3, 0.4) is 0 Å². The van der Waals surface area contributed by atoms with Crippen LogP contribution in [0.1, 0.15) is 12.1 Å². The Hall–Kier alpha value is -1.70. The average molecular weight is 272 g/mol. The van der Waals surface area contributed by atoms with Gasteiger partial charge in [-0.25, -0.2) is 4.98 Å². The van der Waals surface area contributed by atoms with Crippen LogP contribution in [0.4, 0.5) is 0 Å². The molecule has 0 bridgehead atoms. The molecule has 0 fully saturated rings. The number of nitro groups is 1. The number of oxazole rings is 1. The van der Waals surface area contributed by atoms with E-state index in [-0.39, 0.29) is 0 Å². The second kappa shape index (κ2) is 7.59. The minimum absolute atomic E-state index is 0.400. The van der Waals surface area contributed by atoms with Crippen LogP contribution in [0.5, 0.6) is 0 Å². The molecule has 1 rings (SSSR count). The summed E-state index contributed by atoms with van der Waals surface area (Å²) in [7, 11) is 1.63. The predicted molar refractivity (Wildman–Crippen MR) is 68.7 cm³/mol. The highest BCUT2D eigenvalue weighted by Gasteiger charge is 2.02. The summed E-state index contributed by atoms with van der Waals surface area (Å²) in [4.78, 5) is 13.9. The Morgan fingerprint density at radius 2 is 2.50 bits per heavy atom. The largest absolute Gasteiger partial charge is 0.440 e. The van der Waals surface area contributed by atoms with Crippen LogP contribution < -0.4 is 10.6 Å². The van der Waals surface area contributed by atoms with Crippen LogP contribution in [0.2, 0.25) is 0 Å². The number of rotatable bonds is 8. The fourth-order valence-electron chi connectivity index (χ4n) is 1.16. The minimum Gasteiger partial charge on any atom is -0.440 e. The molecule has 0 spiro atoms. The van der Waals surface area contributed by atoms with Gasteiger partial charge in [0.25, 0.3) is 11.4 Å². The van der Waals surface area contributed by atoms with Gasteiger partial charge in [0.15, 0.2) is 5.82 Å². The molecule has 1 aromatic heterocycles. The van der Waals surface area contributed by atoms with Crippen molar-refractivity contribution in [3.05, 3.63) is 34.1 Å². The fraction of sp³-hybridized carbons (Fsp3) is 0.500. The molecule has 0 aromatic carbocycles. The molecule has 0 aliphatic heterocycles. The monoisotopic (exact) mass is 272 g/mol. The van der Waals surface area contributed by atoms with Crippen LogP contribution in [0, 0.1) is 17.0 Å². The molecule has 1 aromatic rings. The summed E-state index contributed by atoms with van der Waals surface area (Å²) in [5, 5.41) is 16.6. The molecule has 7 nitrogen and oxygen atoms in total. The molecular weight excluding hydrogens is 256 g/mol. The second-order valence-electron chi connectivity index (χ2n) is 3.46. The summed E-state index contributed by atoms with van der Waals surface area (Å²) in [5.41, 5.74) is 0.863. The van der Waals surface area contributed by atoms with Crippen molar-refractivity contribution in [2.75, 3.05) is 19.3 Å². The van der Waals surface area contributed by atoms with Crippen LogP contribution in [0.25, 0.3) is 0 Å². The molecule has 0 saturated carbocycles. The predicted octanol–water partition coefficient (Wildman–Crippen LogP) is 1.35. The number of aromatic nitrogens is 1. The Labute approximate surface area is 109 Å². The van der Waals surface area contributed by atoms with Gasteiger partial charge < -0.3 is 15.1 Å². The van der Waals surface area contributed by atoms with Gasteiger partial charge in [0.2, 0.25) is 0 Å². The minimum atomic E-state index is -0.497. The quantitative estimate of drug-likeness (QED) is 0.319. The van der Waals surface area contributed by atoms with Crippen LogP contribution in [0.15, 0.2) is 27.9 Å². The third kappa shape index (κ3) is 5.58. The lowest BCUT2D eigenvalue weighted by Crippen LogP contribution is -2.25. The zero-order valence-corrected chi connectivity index (χ0v) is 11.1. The highest BCUT2D eigenvalue weighted by molar-refractivity contribution is 7.99. The number of hydrogen-bond acceptors (Lipinski definition) is 7. The Bertz CT molecular complexity index is 419. The maximum atomic E-state index is 10.3. The standard InChI is InChI=1S/C10H16N4O3S/c1-8-7-17-10(13-8)18-5-3-4-12-9(11-2)6-14(15)16/h6-7,11-12H,3-5H2,1-2H3. The molecule has 0 saturated heterocycles. The van der Waals surface area contributed by atoms with E-state index in [2.05, 4.69) is 15.6 Å². The second-order valence-corrected chi connectivity index (χ2v) is 4.51. The molecule has 0 unspecified atom stereocenters.